The summed E-state index contributed by atoms with van der Waals surface area (Å²) < 4.78 is 28.5. The molecule has 3 aromatic rings. The second-order valence-electron chi connectivity index (χ2n) is 4.26. The van der Waals surface area contributed by atoms with Gasteiger partial charge in [-0.3, -0.25) is 0 Å². The molecular formula is C13H12N2O3S3. The van der Waals surface area contributed by atoms with Crippen LogP contribution in [0.15, 0.2) is 40.7 Å². The fourth-order valence-corrected chi connectivity index (χ4v) is 5.47. The molecule has 0 saturated carbocycles. The van der Waals surface area contributed by atoms with Crippen LogP contribution in [0.2, 0.25) is 0 Å². The quantitative estimate of drug-likeness (QED) is 0.747. The summed E-state index contributed by atoms with van der Waals surface area (Å²) in [5.41, 5.74) is 0. The van der Waals surface area contributed by atoms with Gasteiger partial charge in [0, 0.05) is 21.7 Å². The van der Waals surface area contributed by atoms with E-state index in [1.54, 1.807) is 23.7 Å². The standard InChI is InChI=1S/C13H12N2O3S3/c16-8-11-13(9-3-1-2-4-10(9)20-11)21(17,18)15-7-12-14-5-6-19-12/h1-6,15-16H,7-8H2. The summed E-state index contributed by atoms with van der Waals surface area (Å²) in [6.07, 6.45) is 1.63. The molecule has 0 aliphatic carbocycles. The lowest BCUT2D eigenvalue weighted by molar-refractivity contribution is 0.283. The maximum atomic E-state index is 12.5. The zero-order chi connectivity index (χ0) is 14.9. The number of rotatable bonds is 5. The van der Waals surface area contributed by atoms with Crippen molar-refractivity contribution in [2.45, 2.75) is 18.0 Å². The number of thiazole rings is 1. The molecule has 2 aromatic heterocycles. The number of aliphatic hydroxyl groups excluding tert-OH is 1. The first-order valence-electron chi connectivity index (χ1n) is 6.11. The number of fused-ring (bicyclic) bond motifs is 1. The molecule has 5 nitrogen and oxygen atoms in total. The van der Waals surface area contributed by atoms with Crippen molar-refractivity contribution < 1.29 is 13.5 Å². The van der Waals surface area contributed by atoms with E-state index in [0.29, 0.717) is 15.3 Å². The van der Waals surface area contributed by atoms with Crippen LogP contribution in [0.5, 0.6) is 0 Å². The molecule has 0 aliphatic rings. The van der Waals surface area contributed by atoms with Gasteiger partial charge in [-0.1, -0.05) is 18.2 Å². The molecule has 21 heavy (non-hydrogen) atoms. The predicted octanol–water partition coefficient (Wildman–Crippen LogP) is 2.33. The van der Waals surface area contributed by atoms with E-state index < -0.39 is 10.0 Å². The monoisotopic (exact) mass is 340 g/mol. The van der Waals surface area contributed by atoms with Gasteiger partial charge in [-0.25, -0.2) is 18.1 Å². The number of nitrogens with zero attached hydrogens (tertiary/aromatic N) is 1. The predicted molar refractivity (Wildman–Crippen MR) is 83.9 cm³/mol. The minimum Gasteiger partial charge on any atom is -0.391 e. The van der Waals surface area contributed by atoms with Crippen LogP contribution < -0.4 is 4.72 Å². The van der Waals surface area contributed by atoms with E-state index in [2.05, 4.69) is 9.71 Å². The van der Waals surface area contributed by atoms with Crippen LogP contribution in [-0.2, 0) is 23.2 Å². The Hall–Kier alpha value is -1.32. The first-order valence-corrected chi connectivity index (χ1v) is 9.29. The van der Waals surface area contributed by atoms with E-state index >= 15 is 0 Å². The third-order valence-corrected chi connectivity index (χ3v) is 6.52. The molecule has 0 unspecified atom stereocenters. The number of aromatic nitrogens is 1. The third kappa shape index (κ3) is 2.85. The van der Waals surface area contributed by atoms with Crippen molar-refractivity contribution in [2.24, 2.45) is 0 Å². The molecule has 0 spiro atoms. The molecule has 2 heterocycles. The van der Waals surface area contributed by atoms with Crippen LogP contribution in [0.3, 0.4) is 0 Å². The van der Waals surface area contributed by atoms with Crippen molar-refractivity contribution in [1.29, 1.82) is 0 Å². The topological polar surface area (TPSA) is 79.3 Å². The third-order valence-electron chi connectivity index (χ3n) is 2.93. The molecule has 8 heteroatoms. The second-order valence-corrected chi connectivity index (χ2v) is 8.08. The Bertz CT molecular complexity index is 854. The number of sulfonamides is 1. The number of aliphatic hydroxyl groups is 1. The van der Waals surface area contributed by atoms with Gasteiger partial charge in [0.25, 0.3) is 0 Å². The number of benzene rings is 1. The van der Waals surface area contributed by atoms with Crippen molar-refractivity contribution in [1.82, 2.24) is 9.71 Å². The van der Waals surface area contributed by atoms with E-state index in [9.17, 15) is 13.5 Å². The first-order chi connectivity index (χ1) is 10.1. The Morgan fingerprint density at radius 3 is 2.81 bits per heavy atom. The van der Waals surface area contributed by atoms with Gasteiger partial charge in [-0.2, -0.15) is 0 Å². The summed E-state index contributed by atoms with van der Waals surface area (Å²) in [6.45, 7) is -0.151. The van der Waals surface area contributed by atoms with Crippen LogP contribution in [-0.4, -0.2) is 18.5 Å². The maximum Gasteiger partial charge on any atom is 0.242 e. The highest BCUT2D eigenvalue weighted by atomic mass is 32.2. The molecular weight excluding hydrogens is 328 g/mol. The molecule has 0 aliphatic heterocycles. The van der Waals surface area contributed by atoms with Crippen molar-refractivity contribution >= 4 is 42.8 Å². The van der Waals surface area contributed by atoms with Gasteiger partial charge in [0.15, 0.2) is 0 Å². The van der Waals surface area contributed by atoms with Crippen LogP contribution in [0.1, 0.15) is 9.88 Å². The first kappa shape index (κ1) is 14.6. The van der Waals surface area contributed by atoms with E-state index in [1.807, 2.05) is 12.1 Å². The Kier molecular flexibility index (Phi) is 4.05. The molecule has 3 rings (SSSR count). The molecule has 0 bridgehead atoms. The number of hydrogen-bond acceptors (Lipinski definition) is 6. The lowest BCUT2D eigenvalue weighted by Crippen LogP contribution is -2.23. The van der Waals surface area contributed by atoms with Crippen LogP contribution in [0, 0.1) is 0 Å². The van der Waals surface area contributed by atoms with E-state index in [1.165, 1.54) is 22.7 Å². The van der Waals surface area contributed by atoms with Crippen molar-refractivity contribution in [3.8, 4) is 0 Å². The molecule has 0 radical (unpaired) electrons. The molecule has 0 fully saturated rings. The normalized spacial score (nSPS) is 12.0. The van der Waals surface area contributed by atoms with Crippen molar-refractivity contribution in [3.63, 3.8) is 0 Å². The maximum absolute atomic E-state index is 12.5. The Morgan fingerprint density at radius 2 is 2.10 bits per heavy atom. The van der Waals surface area contributed by atoms with Crippen LogP contribution in [0.4, 0.5) is 0 Å². The van der Waals surface area contributed by atoms with E-state index in [4.69, 9.17) is 0 Å². The molecule has 2 N–H and O–H groups in total. The SMILES string of the molecule is O=S(=O)(NCc1nccs1)c1c(CO)sc2ccccc12. The average Bonchev–Trinajstić information content (AvgIpc) is 3.12. The van der Waals surface area contributed by atoms with Gasteiger partial charge < -0.3 is 5.11 Å². The molecule has 1 aromatic carbocycles. The number of thiophene rings is 1. The molecule has 0 amide bonds. The average molecular weight is 340 g/mol. The zero-order valence-corrected chi connectivity index (χ0v) is 13.3. The summed E-state index contributed by atoms with van der Waals surface area (Å²) in [5.74, 6) is 0. The minimum absolute atomic E-state index is 0.148. The van der Waals surface area contributed by atoms with Gasteiger partial charge in [0.1, 0.15) is 9.90 Å². The summed E-state index contributed by atoms with van der Waals surface area (Å²) in [7, 11) is -3.70. The summed E-state index contributed by atoms with van der Waals surface area (Å²) >= 11 is 2.68. The summed E-state index contributed by atoms with van der Waals surface area (Å²) in [6, 6.07) is 7.23. The van der Waals surface area contributed by atoms with Gasteiger partial charge >= 0.3 is 0 Å². The highest BCUT2D eigenvalue weighted by Crippen LogP contribution is 2.34. The van der Waals surface area contributed by atoms with Gasteiger partial charge in [0.2, 0.25) is 10.0 Å². The highest BCUT2D eigenvalue weighted by molar-refractivity contribution is 7.90. The number of hydrogen-bond donors (Lipinski definition) is 2. The minimum atomic E-state index is -3.70. The summed E-state index contributed by atoms with van der Waals surface area (Å²) in [4.78, 5) is 4.67. The van der Waals surface area contributed by atoms with Gasteiger partial charge in [-0.05, 0) is 6.07 Å². The van der Waals surface area contributed by atoms with Crippen molar-refractivity contribution in [3.05, 3.63) is 45.7 Å². The van der Waals surface area contributed by atoms with Crippen LogP contribution >= 0.6 is 22.7 Å². The largest absolute Gasteiger partial charge is 0.391 e. The van der Waals surface area contributed by atoms with Crippen LogP contribution in [0.25, 0.3) is 10.1 Å². The fourth-order valence-electron chi connectivity index (χ4n) is 2.04. The zero-order valence-electron chi connectivity index (χ0n) is 10.8. The van der Waals surface area contributed by atoms with Crippen molar-refractivity contribution in [2.75, 3.05) is 0 Å². The van der Waals surface area contributed by atoms with E-state index in [-0.39, 0.29) is 18.0 Å². The second kappa shape index (κ2) is 5.82. The van der Waals surface area contributed by atoms with E-state index in [0.717, 1.165) is 4.70 Å². The van der Waals surface area contributed by atoms with Gasteiger partial charge in [-0.15, -0.1) is 22.7 Å². The Labute approximate surface area is 130 Å². The smallest absolute Gasteiger partial charge is 0.242 e. The Balaban J connectivity index is 2.01. The van der Waals surface area contributed by atoms with Gasteiger partial charge in [0.05, 0.1) is 18.0 Å². The Morgan fingerprint density at radius 1 is 1.29 bits per heavy atom. The highest BCUT2D eigenvalue weighted by Gasteiger charge is 2.24. The molecule has 0 atom stereocenters. The molecule has 110 valence electrons. The molecule has 0 saturated heterocycles. The fraction of sp³-hybridized carbons (Fsp3) is 0.154. The number of nitrogens with one attached hydrogen (secondary N) is 1. The lowest BCUT2D eigenvalue weighted by atomic mass is 10.2. The summed E-state index contributed by atoms with van der Waals surface area (Å²) in [5, 5.41) is 12.6. The lowest BCUT2D eigenvalue weighted by Gasteiger charge is -2.06.